The summed E-state index contributed by atoms with van der Waals surface area (Å²) in [6.45, 7) is 0. The van der Waals surface area contributed by atoms with Gasteiger partial charge in [-0.2, -0.15) is 0 Å². The van der Waals surface area contributed by atoms with Crippen molar-refractivity contribution in [2.75, 3.05) is 25.3 Å². The number of esters is 1. The zero-order chi connectivity index (χ0) is 14.5. The smallest absolute Gasteiger partial charge is 0.341 e. The number of hydrogen-bond acceptors (Lipinski definition) is 6. The number of benzene rings is 1. The van der Waals surface area contributed by atoms with E-state index in [0.717, 1.165) is 11.4 Å². The van der Waals surface area contributed by atoms with Gasteiger partial charge in [-0.25, -0.2) is 9.78 Å². The van der Waals surface area contributed by atoms with Crippen LogP contribution in [-0.2, 0) is 4.74 Å². The number of methoxy groups -OCH3 is 2. The van der Waals surface area contributed by atoms with E-state index in [1.807, 2.05) is 12.1 Å². The highest BCUT2D eigenvalue weighted by atomic mass is 16.5. The van der Waals surface area contributed by atoms with Gasteiger partial charge in [0.15, 0.2) is 0 Å². The number of nitrogens with zero attached hydrogens (tertiary/aromatic N) is 1. The molecule has 0 atom stereocenters. The van der Waals surface area contributed by atoms with E-state index in [9.17, 15) is 4.79 Å². The van der Waals surface area contributed by atoms with Gasteiger partial charge in [0.05, 0.1) is 26.1 Å². The highest BCUT2D eigenvalue weighted by Gasteiger charge is 2.14. The number of rotatable bonds is 4. The van der Waals surface area contributed by atoms with Crippen molar-refractivity contribution in [2.45, 2.75) is 0 Å². The Morgan fingerprint density at radius 2 is 1.95 bits per heavy atom. The highest BCUT2D eigenvalue weighted by molar-refractivity contribution is 5.96. The van der Waals surface area contributed by atoms with Crippen LogP contribution in [0.1, 0.15) is 10.4 Å². The minimum atomic E-state index is -0.499. The van der Waals surface area contributed by atoms with Crippen molar-refractivity contribution >= 4 is 23.2 Å². The molecular formula is C14H15N3O3. The Morgan fingerprint density at radius 3 is 2.55 bits per heavy atom. The number of anilines is 3. The molecule has 0 radical (unpaired) electrons. The largest absolute Gasteiger partial charge is 0.497 e. The van der Waals surface area contributed by atoms with Crippen molar-refractivity contribution in [1.29, 1.82) is 0 Å². The molecule has 3 N–H and O–H groups in total. The summed E-state index contributed by atoms with van der Waals surface area (Å²) in [4.78, 5) is 15.8. The summed E-state index contributed by atoms with van der Waals surface area (Å²) in [7, 11) is 2.90. The number of pyridine rings is 1. The lowest BCUT2D eigenvalue weighted by molar-refractivity contribution is 0.0601. The van der Waals surface area contributed by atoms with Crippen molar-refractivity contribution in [3.8, 4) is 5.75 Å². The molecule has 20 heavy (non-hydrogen) atoms. The molecule has 0 saturated heterocycles. The van der Waals surface area contributed by atoms with Crippen LogP contribution in [0.25, 0.3) is 0 Å². The van der Waals surface area contributed by atoms with E-state index < -0.39 is 5.97 Å². The number of nitrogens with two attached hydrogens (primary N) is 1. The van der Waals surface area contributed by atoms with Crippen LogP contribution >= 0.6 is 0 Å². The first-order valence-electron chi connectivity index (χ1n) is 5.89. The summed E-state index contributed by atoms with van der Waals surface area (Å²) in [6, 6.07) is 8.76. The van der Waals surface area contributed by atoms with E-state index in [4.69, 9.17) is 15.2 Å². The van der Waals surface area contributed by atoms with Crippen LogP contribution in [0.15, 0.2) is 36.5 Å². The van der Waals surface area contributed by atoms with Gasteiger partial charge in [-0.3, -0.25) is 0 Å². The van der Waals surface area contributed by atoms with Crippen molar-refractivity contribution in [3.05, 3.63) is 42.1 Å². The molecule has 0 aliphatic carbocycles. The summed E-state index contributed by atoms with van der Waals surface area (Å²) in [6.07, 6.45) is 1.47. The summed E-state index contributed by atoms with van der Waals surface area (Å²) in [5, 5.41) is 3.04. The second kappa shape index (κ2) is 5.92. The van der Waals surface area contributed by atoms with Crippen LogP contribution < -0.4 is 15.8 Å². The van der Waals surface area contributed by atoms with E-state index in [2.05, 4.69) is 10.3 Å². The Hall–Kier alpha value is -2.76. The monoisotopic (exact) mass is 273 g/mol. The quantitative estimate of drug-likeness (QED) is 0.830. The van der Waals surface area contributed by atoms with Crippen LogP contribution in [0.3, 0.4) is 0 Å². The molecule has 2 rings (SSSR count). The molecule has 0 fully saturated rings. The maximum Gasteiger partial charge on any atom is 0.341 e. The lowest BCUT2D eigenvalue weighted by Crippen LogP contribution is -2.08. The number of carbonyl (C=O) groups excluding carboxylic acids is 1. The third kappa shape index (κ3) is 2.97. The van der Waals surface area contributed by atoms with Crippen molar-refractivity contribution in [3.63, 3.8) is 0 Å². The van der Waals surface area contributed by atoms with Gasteiger partial charge in [-0.1, -0.05) is 0 Å². The number of nitrogens with one attached hydrogen (secondary N) is 1. The topological polar surface area (TPSA) is 86.5 Å². The molecule has 1 aromatic carbocycles. The molecule has 0 spiro atoms. The second-order valence-corrected chi connectivity index (χ2v) is 4.01. The average Bonchev–Trinajstić information content (AvgIpc) is 2.49. The molecule has 0 unspecified atom stereocenters. The minimum absolute atomic E-state index is 0.281. The first kappa shape index (κ1) is 13.7. The van der Waals surface area contributed by atoms with Gasteiger partial charge in [-0.05, 0) is 30.3 Å². The second-order valence-electron chi connectivity index (χ2n) is 4.01. The van der Waals surface area contributed by atoms with E-state index in [0.29, 0.717) is 11.5 Å². The van der Waals surface area contributed by atoms with Gasteiger partial charge in [0.2, 0.25) is 0 Å². The fourth-order valence-corrected chi connectivity index (χ4v) is 1.66. The van der Waals surface area contributed by atoms with Gasteiger partial charge < -0.3 is 20.5 Å². The van der Waals surface area contributed by atoms with Crippen molar-refractivity contribution < 1.29 is 14.3 Å². The van der Waals surface area contributed by atoms with E-state index in [1.54, 1.807) is 19.2 Å². The first-order chi connectivity index (χ1) is 9.63. The van der Waals surface area contributed by atoms with E-state index in [-0.39, 0.29) is 5.56 Å². The maximum absolute atomic E-state index is 11.7. The predicted molar refractivity (Wildman–Crippen MR) is 76.3 cm³/mol. The first-order valence-corrected chi connectivity index (χ1v) is 5.89. The third-order valence-electron chi connectivity index (χ3n) is 2.67. The normalized spacial score (nSPS) is 9.90. The Labute approximate surface area is 116 Å². The van der Waals surface area contributed by atoms with E-state index >= 15 is 0 Å². The third-order valence-corrected chi connectivity index (χ3v) is 2.67. The molecule has 0 aliphatic rings. The van der Waals surface area contributed by atoms with E-state index in [1.165, 1.54) is 19.4 Å². The Morgan fingerprint density at radius 1 is 1.25 bits per heavy atom. The summed E-state index contributed by atoms with van der Waals surface area (Å²) in [5.41, 5.74) is 7.08. The number of aromatic nitrogens is 1. The van der Waals surface area contributed by atoms with Gasteiger partial charge in [0, 0.05) is 5.69 Å². The zero-order valence-corrected chi connectivity index (χ0v) is 11.2. The minimum Gasteiger partial charge on any atom is -0.497 e. The maximum atomic E-state index is 11.7. The van der Waals surface area contributed by atoms with Gasteiger partial charge in [0.25, 0.3) is 0 Å². The average molecular weight is 273 g/mol. The van der Waals surface area contributed by atoms with Crippen LogP contribution in [0.5, 0.6) is 5.75 Å². The summed E-state index contributed by atoms with van der Waals surface area (Å²) < 4.78 is 9.79. The molecular weight excluding hydrogens is 258 g/mol. The van der Waals surface area contributed by atoms with Crippen LogP contribution in [0.4, 0.5) is 17.2 Å². The zero-order valence-electron chi connectivity index (χ0n) is 11.2. The Balaban J connectivity index is 2.30. The molecule has 0 saturated carbocycles. The van der Waals surface area contributed by atoms with Gasteiger partial charge in [-0.15, -0.1) is 0 Å². The van der Waals surface area contributed by atoms with Crippen LogP contribution in [0.2, 0.25) is 0 Å². The molecule has 6 nitrogen and oxygen atoms in total. The number of ether oxygens (including phenoxy) is 2. The molecule has 0 bridgehead atoms. The number of carbonyl (C=O) groups is 1. The molecule has 0 aliphatic heterocycles. The predicted octanol–water partition coefficient (Wildman–Crippen LogP) is 2.20. The van der Waals surface area contributed by atoms with Crippen LogP contribution in [-0.4, -0.2) is 25.2 Å². The fourth-order valence-electron chi connectivity index (χ4n) is 1.66. The van der Waals surface area contributed by atoms with Crippen molar-refractivity contribution in [2.24, 2.45) is 0 Å². The van der Waals surface area contributed by atoms with Gasteiger partial charge in [0.1, 0.15) is 17.1 Å². The molecule has 0 amide bonds. The molecule has 1 aromatic heterocycles. The SMILES string of the molecule is COC(=O)c1cc(N)cnc1Nc1ccc(OC)cc1. The Kier molecular flexibility index (Phi) is 4.05. The lowest BCUT2D eigenvalue weighted by Gasteiger charge is -2.10. The standard InChI is InChI=1S/C14H15N3O3/c1-19-11-5-3-10(4-6-11)17-13-12(14(18)20-2)7-9(15)8-16-13/h3-8H,15H2,1-2H3,(H,16,17). The summed E-state index contributed by atoms with van der Waals surface area (Å²) >= 11 is 0. The molecule has 2 aromatic rings. The van der Waals surface area contributed by atoms with Crippen molar-refractivity contribution in [1.82, 2.24) is 4.98 Å². The lowest BCUT2D eigenvalue weighted by atomic mass is 10.2. The fraction of sp³-hybridized carbons (Fsp3) is 0.143. The molecule has 6 heteroatoms. The van der Waals surface area contributed by atoms with Gasteiger partial charge >= 0.3 is 5.97 Å². The molecule has 104 valence electrons. The number of nitrogen functional groups attached to an aromatic ring is 1. The van der Waals surface area contributed by atoms with Crippen LogP contribution in [0, 0.1) is 0 Å². The molecule has 1 heterocycles. The highest BCUT2D eigenvalue weighted by Crippen LogP contribution is 2.23. The summed E-state index contributed by atoms with van der Waals surface area (Å²) in [5.74, 6) is 0.631. The number of hydrogen-bond donors (Lipinski definition) is 2. The Bertz CT molecular complexity index is 612.